The molecule has 1 aromatic heterocycles. The minimum atomic E-state index is 0.208. The summed E-state index contributed by atoms with van der Waals surface area (Å²) < 4.78 is 0. The van der Waals surface area contributed by atoms with Crippen molar-refractivity contribution in [2.24, 2.45) is 0 Å². The largest absolute Gasteiger partial charge is 0.383 e. The van der Waals surface area contributed by atoms with Crippen LogP contribution in [0, 0.1) is 0 Å². The zero-order valence-corrected chi connectivity index (χ0v) is 4.96. The van der Waals surface area contributed by atoms with Gasteiger partial charge in [0.2, 0.25) is 0 Å². The van der Waals surface area contributed by atoms with E-state index >= 15 is 0 Å². The first kappa shape index (κ1) is 6.04. The number of anilines is 1. The van der Waals surface area contributed by atoms with Crippen LogP contribution in [0.15, 0.2) is 18.3 Å². The van der Waals surface area contributed by atoms with Gasteiger partial charge in [-0.1, -0.05) is 6.07 Å². The van der Waals surface area contributed by atoms with Gasteiger partial charge in [-0.3, -0.25) is 5.73 Å². The van der Waals surface area contributed by atoms with Crippen LogP contribution >= 0.6 is 0 Å². The number of nitrogen functional groups attached to an aromatic ring is 1. The van der Waals surface area contributed by atoms with Crippen molar-refractivity contribution < 1.29 is 0 Å². The number of aromatic nitrogens is 1. The third kappa shape index (κ3) is 1.17. The Morgan fingerprint density at radius 3 is 2.89 bits per heavy atom. The molecule has 3 N–H and O–H groups in total. The molecule has 1 rings (SSSR count). The monoisotopic (exact) mass is 122 g/mol. The number of nitrogens with two attached hydrogens (primary N) is 1. The molecule has 9 heavy (non-hydrogen) atoms. The molecule has 0 saturated carbocycles. The number of nitrogens with zero attached hydrogens (tertiary/aromatic N) is 1. The summed E-state index contributed by atoms with van der Waals surface area (Å²) in [4.78, 5) is 3.81. The van der Waals surface area contributed by atoms with Gasteiger partial charge in [0.15, 0.2) is 0 Å². The maximum absolute atomic E-state index is 6.96. The summed E-state index contributed by atoms with van der Waals surface area (Å²) in [5.74, 6) is 0.465. The number of hydrogen-bond donors (Lipinski definition) is 1. The number of pyridine rings is 1. The van der Waals surface area contributed by atoms with Gasteiger partial charge in [-0.05, 0) is 6.07 Å². The smallest absolute Gasteiger partial charge is 0.127 e. The Labute approximate surface area is 53.7 Å². The maximum atomic E-state index is 6.96. The van der Waals surface area contributed by atoms with E-state index in [0.717, 1.165) is 5.56 Å². The Morgan fingerprint density at radius 2 is 2.44 bits per heavy atom. The van der Waals surface area contributed by atoms with Gasteiger partial charge in [0.1, 0.15) is 5.82 Å². The molecule has 0 unspecified atom stereocenters. The molecule has 0 bridgehead atoms. The summed E-state index contributed by atoms with van der Waals surface area (Å²) in [6, 6.07) is 3.58. The zero-order chi connectivity index (χ0) is 6.69. The normalized spacial score (nSPS) is 9.44. The molecule has 0 aliphatic carbocycles. The Morgan fingerprint density at radius 1 is 1.67 bits per heavy atom. The molecule has 1 heterocycles. The van der Waals surface area contributed by atoms with Gasteiger partial charge in [0, 0.05) is 18.3 Å². The van der Waals surface area contributed by atoms with E-state index in [1.807, 2.05) is 0 Å². The lowest BCUT2D eigenvalue weighted by atomic mass is 10.3. The molecule has 1 radical (unpaired) electrons. The van der Waals surface area contributed by atoms with Crippen molar-refractivity contribution in [3.05, 3.63) is 23.9 Å². The van der Waals surface area contributed by atoms with Crippen LogP contribution in [0.4, 0.5) is 5.82 Å². The summed E-state index contributed by atoms with van der Waals surface area (Å²) in [6.45, 7) is 0.208. The van der Waals surface area contributed by atoms with Crippen molar-refractivity contribution in [1.82, 2.24) is 10.7 Å². The van der Waals surface area contributed by atoms with Crippen LogP contribution in [0.2, 0.25) is 0 Å². The highest BCUT2D eigenvalue weighted by molar-refractivity contribution is 5.37. The van der Waals surface area contributed by atoms with Crippen LogP contribution in [-0.2, 0) is 6.54 Å². The fourth-order valence-corrected chi connectivity index (χ4v) is 0.600. The van der Waals surface area contributed by atoms with Gasteiger partial charge in [0.05, 0.1) is 0 Å². The van der Waals surface area contributed by atoms with Gasteiger partial charge >= 0.3 is 0 Å². The third-order valence-electron chi connectivity index (χ3n) is 1.12. The Hall–Kier alpha value is -1.09. The van der Waals surface area contributed by atoms with Crippen LogP contribution < -0.4 is 11.5 Å². The molecule has 0 aromatic carbocycles. The lowest BCUT2D eigenvalue weighted by molar-refractivity contribution is 1.02. The van der Waals surface area contributed by atoms with Gasteiger partial charge in [-0.25, -0.2) is 4.98 Å². The minimum absolute atomic E-state index is 0.208. The second kappa shape index (κ2) is 2.46. The van der Waals surface area contributed by atoms with Crippen molar-refractivity contribution in [2.75, 3.05) is 5.73 Å². The van der Waals surface area contributed by atoms with Crippen LogP contribution in [0.25, 0.3) is 0 Å². The number of hydrogen-bond acceptors (Lipinski definition) is 2. The first-order valence-corrected chi connectivity index (χ1v) is 2.68. The molecule has 0 atom stereocenters. The van der Waals surface area contributed by atoms with E-state index in [9.17, 15) is 0 Å². The van der Waals surface area contributed by atoms with Gasteiger partial charge in [-0.15, -0.1) is 0 Å². The molecule has 0 spiro atoms. The van der Waals surface area contributed by atoms with Crippen molar-refractivity contribution in [3.8, 4) is 0 Å². The first-order valence-electron chi connectivity index (χ1n) is 2.68. The summed E-state index contributed by atoms with van der Waals surface area (Å²) >= 11 is 0. The molecular formula is C6H8N3. The molecule has 47 valence electrons. The fraction of sp³-hybridized carbons (Fsp3) is 0.167. The van der Waals surface area contributed by atoms with Crippen molar-refractivity contribution >= 4 is 5.82 Å². The average molecular weight is 122 g/mol. The van der Waals surface area contributed by atoms with Crippen molar-refractivity contribution in [2.45, 2.75) is 6.54 Å². The van der Waals surface area contributed by atoms with E-state index in [-0.39, 0.29) is 6.54 Å². The molecular weight excluding hydrogens is 114 g/mol. The SMILES string of the molecule is [NH]Cc1cccnc1N. The average Bonchev–Trinajstić information content (AvgIpc) is 1.89. The minimum Gasteiger partial charge on any atom is -0.383 e. The highest BCUT2D eigenvalue weighted by Crippen LogP contribution is 2.04. The van der Waals surface area contributed by atoms with Gasteiger partial charge < -0.3 is 5.73 Å². The Kier molecular flexibility index (Phi) is 1.65. The predicted octanol–water partition coefficient (Wildman–Crippen LogP) is 0.447. The van der Waals surface area contributed by atoms with E-state index in [1.165, 1.54) is 0 Å². The summed E-state index contributed by atoms with van der Waals surface area (Å²) in [5, 5.41) is 0. The second-order valence-corrected chi connectivity index (χ2v) is 1.72. The quantitative estimate of drug-likeness (QED) is 0.587. The van der Waals surface area contributed by atoms with Crippen molar-refractivity contribution in [3.63, 3.8) is 0 Å². The van der Waals surface area contributed by atoms with Crippen LogP contribution in [0.3, 0.4) is 0 Å². The molecule has 0 amide bonds. The standard InChI is InChI=1S/C6H8N3/c7-4-5-2-1-3-9-6(5)8/h1-3,7H,4H2,(H2,8,9). The molecule has 3 nitrogen and oxygen atoms in total. The summed E-state index contributed by atoms with van der Waals surface area (Å²) in [6.07, 6.45) is 1.62. The van der Waals surface area contributed by atoms with E-state index in [4.69, 9.17) is 11.5 Å². The lowest BCUT2D eigenvalue weighted by Crippen LogP contribution is -1.96. The second-order valence-electron chi connectivity index (χ2n) is 1.72. The Bertz CT molecular complexity index is 197. The van der Waals surface area contributed by atoms with E-state index in [2.05, 4.69) is 4.98 Å². The first-order chi connectivity index (χ1) is 4.34. The van der Waals surface area contributed by atoms with E-state index < -0.39 is 0 Å². The molecule has 0 saturated heterocycles. The topological polar surface area (TPSA) is 62.7 Å². The number of nitrogens with one attached hydrogen (secondary N) is 1. The van der Waals surface area contributed by atoms with Crippen LogP contribution in [0.5, 0.6) is 0 Å². The summed E-state index contributed by atoms with van der Waals surface area (Å²) in [5.41, 5.74) is 13.2. The third-order valence-corrected chi connectivity index (χ3v) is 1.12. The van der Waals surface area contributed by atoms with Gasteiger partial charge in [-0.2, -0.15) is 0 Å². The molecule has 0 aliphatic heterocycles. The van der Waals surface area contributed by atoms with E-state index in [0.29, 0.717) is 5.82 Å². The van der Waals surface area contributed by atoms with Crippen LogP contribution in [0.1, 0.15) is 5.56 Å². The fourth-order valence-electron chi connectivity index (χ4n) is 0.600. The highest BCUT2D eigenvalue weighted by Gasteiger charge is 1.92. The lowest BCUT2D eigenvalue weighted by Gasteiger charge is -1.96. The van der Waals surface area contributed by atoms with Crippen LogP contribution in [-0.4, -0.2) is 4.98 Å². The molecule has 3 heteroatoms. The predicted molar refractivity (Wildman–Crippen MR) is 35.5 cm³/mol. The molecule has 0 aliphatic rings. The van der Waals surface area contributed by atoms with Gasteiger partial charge in [0.25, 0.3) is 0 Å². The molecule has 0 fully saturated rings. The molecule has 1 aromatic rings. The van der Waals surface area contributed by atoms with Crippen molar-refractivity contribution in [1.29, 1.82) is 0 Å². The highest BCUT2D eigenvalue weighted by atomic mass is 14.8. The number of rotatable bonds is 1. The maximum Gasteiger partial charge on any atom is 0.127 e. The zero-order valence-electron chi connectivity index (χ0n) is 4.96. The summed E-state index contributed by atoms with van der Waals surface area (Å²) in [7, 11) is 0. The Balaban J connectivity index is 3.01. The van der Waals surface area contributed by atoms with E-state index in [1.54, 1.807) is 18.3 Å².